The molecule has 0 bridgehead atoms. The topological polar surface area (TPSA) is 400 Å². The van der Waals surface area contributed by atoms with E-state index < -0.39 is 185 Å². The molecule has 24 heteroatoms. The van der Waals surface area contributed by atoms with Gasteiger partial charge in [-0.2, -0.15) is 0 Å². The lowest BCUT2D eigenvalue weighted by molar-refractivity contribution is -0.383. The quantitative estimate of drug-likeness (QED) is 0.0869. The zero-order chi connectivity index (χ0) is 41.5. The molecule has 17 N–H and O–H groups in total. The Bertz CT molecular complexity index is 1220. The summed E-state index contributed by atoms with van der Waals surface area (Å²) in [6.07, 6.45) is -38.2. The van der Waals surface area contributed by atoms with Crippen LogP contribution in [0.1, 0.15) is 13.8 Å². The van der Waals surface area contributed by atoms with Crippen LogP contribution in [0.3, 0.4) is 0 Å². The minimum absolute atomic E-state index is 0.667. The Morgan fingerprint density at radius 1 is 0.375 bits per heavy atom. The molecule has 1 saturated carbocycles. The first-order chi connectivity index (χ1) is 26.4. The normalized spacial score (nSPS) is 54.5. The first kappa shape index (κ1) is 46.1. The van der Waals surface area contributed by atoms with Gasteiger partial charge in [-0.25, -0.2) is 0 Å². The summed E-state index contributed by atoms with van der Waals surface area (Å²) in [6, 6.07) is -2.68. The van der Waals surface area contributed by atoms with Crippen LogP contribution in [-0.2, 0) is 33.2 Å². The summed E-state index contributed by atoms with van der Waals surface area (Å²) in [4.78, 5) is 0. The number of rotatable bonds is 12. The highest BCUT2D eigenvalue weighted by molar-refractivity contribution is 5.05. The Hall–Kier alpha value is -0.960. The van der Waals surface area contributed by atoms with Gasteiger partial charge in [0.1, 0.15) is 97.7 Å². The average Bonchev–Trinajstić information content (AvgIpc) is 3.18. The molecule has 0 aromatic rings. The lowest BCUT2D eigenvalue weighted by atomic mass is 9.76. The standard InChI is InChI=1S/C32H57NO23/c1-7-13(33-14-16(39)9(3-34)17(40)20(43)19(14)42)18(41)24(47)30(51-7)54-28-11(5-36)52-32(25(48)22(28)45)56-29-12(6-37)53-31(26(49)23(29)46)55-27-10(4-35)50-8(2)15(38)21(27)44/h7-49H,3-6H2,1-2H3/t7?,8?,9-,10+,11+,12?,13+,14-,15?,16+,17?,18?,19?,20-,21+,22+,23?,24+,25+,26+,27+,28?,29?,30?,31+,32?/m0/s1. The summed E-state index contributed by atoms with van der Waals surface area (Å²) in [6.45, 7) is -0.383. The van der Waals surface area contributed by atoms with Crippen LogP contribution >= 0.6 is 0 Å². The molecule has 26 atom stereocenters. The van der Waals surface area contributed by atoms with Crippen molar-refractivity contribution in [1.82, 2.24) is 5.32 Å². The molecule has 5 fully saturated rings. The van der Waals surface area contributed by atoms with E-state index in [0.29, 0.717) is 0 Å². The second kappa shape index (κ2) is 19.2. The molecule has 4 heterocycles. The molecule has 0 aromatic carbocycles. The van der Waals surface area contributed by atoms with Crippen molar-refractivity contribution in [3.05, 3.63) is 0 Å². The van der Waals surface area contributed by atoms with E-state index in [-0.39, 0.29) is 0 Å². The Labute approximate surface area is 319 Å². The predicted molar refractivity (Wildman–Crippen MR) is 175 cm³/mol. The molecule has 56 heavy (non-hydrogen) atoms. The Balaban J connectivity index is 1.22. The van der Waals surface area contributed by atoms with Gasteiger partial charge in [0, 0.05) is 5.92 Å². The maximum atomic E-state index is 11.1. The fourth-order valence-corrected chi connectivity index (χ4v) is 7.92. The largest absolute Gasteiger partial charge is 0.396 e. The van der Waals surface area contributed by atoms with E-state index in [2.05, 4.69) is 5.32 Å². The molecular weight excluding hydrogens is 766 g/mol. The van der Waals surface area contributed by atoms with Crippen molar-refractivity contribution in [2.75, 3.05) is 26.4 Å². The van der Waals surface area contributed by atoms with E-state index in [1.54, 1.807) is 0 Å². The number of hydrogen-bond acceptors (Lipinski definition) is 24. The monoisotopic (exact) mass is 823 g/mol. The van der Waals surface area contributed by atoms with Crippen LogP contribution in [0.5, 0.6) is 0 Å². The maximum Gasteiger partial charge on any atom is 0.187 e. The minimum atomic E-state index is -2.04. The van der Waals surface area contributed by atoms with Crippen LogP contribution in [0, 0.1) is 5.92 Å². The van der Waals surface area contributed by atoms with Crippen molar-refractivity contribution in [2.24, 2.45) is 5.92 Å². The molecule has 12 unspecified atom stereocenters. The molecule has 1 aliphatic carbocycles. The van der Waals surface area contributed by atoms with Gasteiger partial charge in [-0.1, -0.05) is 0 Å². The van der Waals surface area contributed by atoms with E-state index >= 15 is 0 Å². The summed E-state index contributed by atoms with van der Waals surface area (Å²) < 4.78 is 39.4. The zero-order valence-electron chi connectivity index (χ0n) is 30.4. The van der Waals surface area contributed by atoms with Gasteiger partial charge in [0.15, 0.2) is 18.9 Å². The molecular formula is C32H57NO23. The Morgan fingerprint density at radius 2 is 0.768 bits per heavy atom. The molecule has 24 nitrogen and oxygen atoms in total. The summed E-state index contributed by atoms with van der Waals surface area (Å²) in [5, 5.41) is 171. The highest BCUT2D eigenvalue weighted by Gasteiger charge is 2.56. The average molecular weight is 824 g/mol. The highest BCUT2D eigenvalue weighted by atomic mass is 16.8. The Morgan fingerprint density at radius 3 is 1.21 bits per heavy atom. The first-order valence-corrected chi connectivity index (χ1v) is 18.4. The van der Waals surface area contributed by atoms with Gasteiger partial charge in [0.05, 0.1) is 62.9 Å². The van der Waals surface area contributed by atoms with Crippen molar-refractivity contribution in [1.29, 1.82) is 0 Å². The van der Waals surface area contributed by atoms with Crippen LogP contribution in [0.2, 0.25) is 0 Å². The first-order valence-electron chi connectivity index (χ1n) is 18.4. The molecule has 328 valence electrons. The molecule has 0 amide bonds. The number of nitrogens with one attached hydrogen (secondary N) is 1. The van der Waals surface area contributed by atoms with Crippen molar-refractivity contribution in [3.63, 3.8) is 0 Å². The fraction of sp³-hybridized carbons (Fsp3) is 1.00. The molecule has 5 rings (SSSR count). The number of aliphatic hydroxyl groups is 16. The van der Waals surface area contributed by atoms with Gasteiger partial charge < -0.3 is 120 Å². The van der Waals surface area contributed by atoms with Gasteiger partial charge in [0.2, 0.25) is 0 Å². The molecule has 5 aliphatic rings. The third kappa shape index (κ3) is 8.90. The van der Waals surface area contributed by atoms with Gasteiger partial charge >= 0.3 is 0 Å². The summed E-state index contributed by atoms with van der Waals surface area (Å²) in [7, 11) is 0. The maximum absolute atomic E-state index is 11.1. The highest BCUT2D eigenvalue weighted by Crippen LogP contribution is 2.35. The van der Waals surface area contributed by atoms with Crippen LogP contribution in [0.4, 0.5) is 0 Å². The third-order valence-electron chi connectivity index (χ3n) is 11.4. The third-order valence-corrected chi connectivity index (χ3v) is 11.4. The van der Waals surface area contributed by atoms with E-state index in [0.717, 1.165) is 0 Å². The van der Waals surface area contributed by atoms with Crippen molar-refractivity contribution in [2.45, 2.75) is 167 Å². The summed E-state index contributed by atoms with van der Waals surface area (Å²) in [5.74, 6) is -1.28. The van der Waals surface area contributed by atoms with Crippen molar-refractivity contribution in [3.8, 4) is 0 Å². The van der Waals surface area contributed by atoms with E-state index in [9.17, 15) is 81.7 Å². The number of hydrogen-bond donors (Lipinski definition) is 17. The fourth-order valence-electron chi connectivity index (χ4n) is 7.92. The second-order valence-corrected chi connectivity index (χ2v) is 15.0. The van der Waals surface area contributed by atoms with Gasteiger partial charge in [-0.15, -0.1) is 0 Å². The van der Waals surface area contributed by atoms with Crippen LogP contribution < -0.4 is 5.32 Å². The van der Waals surface area contributed by atoms with E-state index in [1.165, 1.54) is 13.8 Å². The smallest absolute Gasteiger partial charge is 0.187 e. The molecule has 0 aromatic heterocycles. The van der Waals surface area contributed by atoms with E-state index in [1.807, 2.05) is 0 Å². The SMILES string of the molecule is CC1O[C@H](CO)[C@@H](O[C@H]2OC(CO)C(OC3O[C@H](CO)C(OC4OC(C)[C@@H](N[C@@H]5C(O)[C@@H](O)C(O)[C@@H](CO)[C@H]5O)C(O)[C@H]4O)[C@H](O)[C@H]3O)C(O)[C@H]2O)[C@H](O)C1O. The van der Waals surface area contributed by atoms with Gasteiger partial charge in [-0.3, -0.25) is 0 Å². The molecule has 0 radical (unpaired) electrons. The number of aliphatic hydroxyl groups excluding tert-OH is 16. The lowest BCUT2D eigenvalue weighted by Crippen LogP contribution is -2.72. The van der Waals surface area contributed by atoms with Gasteiger partial charge in [0.25, 0.3) is 0 Å². The van der Waals surface area contributed by atoms with Crippen molar-refractivity contribution >= 4 is 0 Å². The summed E-state index contributed by atoms with van der Waals surface area (Å²) in [5.41, 5.74) is 0. The Kier molecular flexibility index (Phi) is 15.8. The van der Waals surface area contributed by atoms with E-state index in [4.69, 9.17) is 33.2 Å². The van der Waals surface area contributed by atoms with Crippen molar-refractivity contribution < 1.29 is 115 Å². The minimum Gasteiger partial charge on any atom is -0.396 e. The summed E-state index contributed by atoms with van der Waals surface area (Å²) >= 11 is 0. The van der Waals surface area contributed by atoms with Crippen LogP contribution in [0.25, 0.3) is 0 Å². The molecule has 4 aliphatic heterocycles. The molecule has 0 spiro atoms. The van der Waals surface area contributed by atoms with Crippen LogP contribution in [-0.4, -0.2) is 261 Å². The predicted octanol–water partition coefficient (Wildman–Crippen LogP) is -10.6. The van der Waals surface area contributed by atoms with Gasteiger partial charge in [-0.05, 0) is 13.8 Å². The second-order valence-electron chi connectivity index (χ2n) is 15.0. The lowest BCUT2D eigenvalue weighted by Gasteiger charge is -2.50. The molecule has 4 saturated heterocycles. The van der Waals surface area contributed by atoms with Crippen LogP contribution in [0.15, 0.2) is 0 Å². The number of ether oxygens (including phenoxy) is 7. The zero-order valence-corrected chi connectivity index (χ0v) is 30.4.